The van der Waals surface area contributed by atoms with Crippen molar-refractivity contribution in [2.24, 2.45) is 16.2 Å². The van der Waals surface area contributed by atoms with Gasteiger partial charge in [0.25, 0.3) is 0 Å². The molecule has 3 unspecified atom stereocenters. The molecule has 160 valence electrons. The smallest absolute Gasteiger partial charge is 0.449 e. The van der Waals surface area contributed by atoms with Crippen LogP contribution in [0.2, 0.25) is 0 Å². The van der Waals surface area contributed by atoms with Gasteiger partial charge in [0.1, 0.15) is 0 Å². The number of hydrogen-bond acceptors (Lipinski definition) is 4. The van der Waals surface area contributed by atoms with Crippen LogP contribution in [0.4, 0.5) is 22.0 Å². The molecule has 1 heterocycles. The molecular weight excluding hydrogens is 375 g/mol. The Morgan fingerprint density at radius 2 is 1.56 bits per heavy atom. The van der Waals surface area contributed by atoms with Crippen molar-refractivity contribution in [2.45, 2.75) is 85.3 Å². The van der Waals surface area contributed by atoms with Gasteiger partial charge in [-0.1, -0.05) is 41.5 Å². The van der Waals surface area contributed by atoms with Crippen molar-refractivity contribution in [3.05, 3.63) is 0 Å². The van der Waals surface area contributed by atoms with E-state index in [1.54, 1.807) is 41.5 Å². The van der Waals surface area contributed by atoms with Crippen molar-refractivity contribution in [3.63, 3.8) is 0 Å². The van der Waals surface area contributed by atoms with Gasteiger partial charge in [-0.3, -0.25) is 4.79 Å². The highest BCUT2D eigenvalue weighted by molar-refractivity contribution is 5.79. The predicted octanol–water partition coefficient (Wildman–Crippen LogP) is 4.69. The van der Waals surface area contributed by atoms with Crippen LogP contribution in [0.15, 0.2) is 0 Å². The van der Waals surface area contributed by atoms with Gasteiger partial charge in [-0.2, -0.15) is 22.0 Å². The van der Waals surface area contributed by atoms with Crippen LogP contribution in [0.25, 0.3) is 0 Å². The maximum Gasteiger partial charge on any atom is 0.449 e. The van der Waals surface area contributed by atoms with Crippen LogP contribution in [0, 0.1) is 16.2 Å². The molecule has 0 radical (unpaired) electrons. The Morgan fingerprint density at radius 3 is 1.85 bits per heavy atom. The fourth-order valence-corrected chi connectivity index (χ4v) is 3.39. The van der Waals surface area contributed by atoms with E-state index in [4.69, 9.17) is 4.74 Å². The second-order valence-electron chi connectivity index (χ2n) is 9.24. The molecule has 0 amide bonds. The van der Waals surface area contributed by atoms with E-state index in [0.29, 0.717) is 13.3 Å². The molecule has 1 aliphatic rings. The lowest BCUT2D eigenvalue weighted by Gasteiger charge is -2.51. The average Bonchev–Trinajstić information content (AvgIpc) is 2.65. The van der Waals surface area contributed by atoms with Crippen molar-refractivity contribution in [1.82, 2.24) is 0 Å². The second kappa shape index (κ2) is 6.27. The van der Waals surface area contributed by atoms with E-state index in [9.17, 15) is 31.9 Å². The topological polar surface area (TPSA) is 55.8 Å². The maximum atomic E-state index is 14.6. The Labute approximate surface area is 156 Å². The highest BCUT2D eigenvalue weighted by Gasteiger charge is 2.83. The Kier molecular flexibility index (Phi) is 5.59. The summed E-state index contributed by atoms with van der Waals surface area (Å²) in [7, 11) is 0. The molecule has 1 fully saturated rings. The summed E-state index contributed by atoms with van der Waals surface area (Å²) in [5.74, 6) is -10.7. The molecule has 27 heavy (non-hydrogen) atoms. The maximum absolute atomic E-state index is 14.6. The number of aliphatic hydroxyl groups is 1. The fourth-order valence-electron chi connectivity index (χ4n) is 3.39. The van der Waals surface area contributed by atoms with Crippen molar-refractivity contribution >= 4 is 5.97 Å². The normalized spacial score (nSPS) is 31.5. The van der Waals surface area contributed by atoms with Gasteiger partial charge in [-0.05, 0) is 31.1 Å². The summed E-state index contributed by atoms with van der Waals surface area (Å²) in [6, 6.07) is 0. The summed E-state index contributed by atoms with van der Waals surface area (Å²) >= 11 is 0. The third-order valence-corrected chi connectivity index (χ3v) is 6.49. The standard InChI is InChI=1S/C18H29F5O4/c1-9-13(5,6)15(8,12(2,3)4)11(24)27-14(7)10-26-17(25,16(14,19)20)18(21,22)23/h25H,9-10H2,1-8H3. The number of carbonyl (C=O) groups excluding carboxylic acids is 1. The summed E-state index contributed by atoms with van der Waals surface area (Å²) in [6.07, 6.45) is -5.28. The van der Waals surface area contributed by atoms with Gasteiger partial charge in [0.2, 0.25) is 5.60 Å². The molecule has 9 heteroatoms. The van der Waals surface area contributed by atoms with Gasteiger partial charge in [-0.15, -0.1) is 0 Å². The number of carbonyl (C=O) groups is 1. The van der Waals surface area contributed by atoms with E-state index in [1.165, 1.54) is 0 Å². The minimum absolute atomic E-state index is 0.492. The van der Waals surface area contributed by atoms with Crippen molar-refractivity contribution in [1.29, 1.82) is 0 Å². The molecule has 0 bridgehead atoms. The molecular formula is C18H29F5O4. The molecule has 0 aliphatic carbocycles. The van der Waals surface area contributed by atoms with Crippen molar-refractivity contribution in [2.75, 3.05) is 6.61 Å². The molecule has 1 saturated heterocycles. The summed E-state index contributed by atoms with van der Waals surface area (Å²) < 4.78 is 77.2. The SMILES string of the molecule is CCC(C)(C)C(C)(C(=O)OC1(C)COC(O)(C(F)(F)F)C1(F)F)C(C)(C)C. The number of hydrogen-bond donors (Lipinski definition) is 1. The zero-order valence-electron chi connectivity index (χ0n) is 17.0. The second-order valence-corrected chi connectivity index (χ2v) is 9.24. The molecule has 0 aromatic carbocycles. The predicted molar refractivity (Wildman–Crippen MR) is 88.0 cm³/mol. The van der Waals surface area contributed by atoms with Crippen molar-refractivity contribution in [3.8, 4) is 0 Å². The van der Waals surface area contributed by atoms with Gasteiger partial charge in [0.15, 0.2) is 0 Å². The molecule has 1 aliphatic heterocycles. The first-order valence-electron chi connectivity index (χ1n) is 8.69. The van der Waals surface area contributed by atoms with Crippen LogP contribution >= 0.6 is 0 Å². The van der Waals surface area contributed by atoms with Crippen LogP contribution < -0.4 is 0 Å². The number of esters is 1. The van der Waals surface area contributed by atoms with E-state index >= 15 is 0 Å². The Bertz CT molecular complexity index is 596. The minimum atomic E-state index is -5.77. The summed E-state index contributed by atoms with van der Waals surface area (Å²) in [6.45, 7) is 11.4. The molecule has 0 aromatic heterocycles. The molecule has 1 N–H and O–H groups in total. The van der Waals surface area contributed by atoms with Crippen LogP contribution in [0.1, 0.15) is 61.8 Å². The number of alkyl halides is 5. The van der Waals surface area contributed by atoms with E-state index in [-0.39, 0.29) is 0 Å². The lowest BCUT2D eigenvalue weighted by molar-refractivity contribution is -0.409. The van der Waals surface area contributed by atoms with Gasteiger partial charge >= 0.3 is 23.9 Å². The summed E-state index contributed by atoms with van der Waals surface area (Å²) in [5.41, 5.74) is -5.76. The molecule has 0 spiro atoms. The average molecular weight is 404 g/mol. The monoisotopic (exact) mass is 404 g/mol. The van der Waals surface area contributed by atoms with Gasteiger partial charge < -0.3 is 14.6 Å². The van der Waals surface area contributed by atoms with E-state index in [1.807, 2.05) is 6.92 Å². The lowest BCUT2D eigenvalue weighted by atomic mass is 9.53. The van der Waals surface area contributed by atoms with Gasteiger partial charge in [-0.25, -0.2) is 0 Å². The first-order valence-corrected chi connectivity index (χ1v) is 8.69. The van der Waals surface area contributed by atoms with Crippen LogP contribution in [-0.2, 0) is 14.3 Å². The summed E-state index contributed by atoms with van der Waals surface area (Å²) in [4.78, 5) is 13.1. The van der Waals surface area contributed by atoms with Gasteiger partial charge in [0, 0.05) is 0 Å². The largest absolute Gasteiger partial charge is 0.450 e. The molecule has 3 atom stereocenters. The van der Waals surface area contributed by atoms with Crippen molar-refractivity contribution < 1.29 is 41.3 Å². The highest BCUT2D eigenvalue weighted by atomic mass is 19.4. The number of rotatable bonds is 4. The first kappa shape index (κ1) is 24.1. The minimum Gasteiger partial charge on any atom is -0.450 e. The zero-order valence-corrected chi connectivity index (χ0v) is 17.0. The fraction of sp³-hybridized carbons (Fsp3) is 0.944. The molecule has 0 aromatic rings. The zero-order chi connectivity index (χ0) is 21.9. The molecule has 0 saturated carbocycles. The lowest BCUT2D eigenvalue weighted by Crippen LogP contribution is -2.64. The Hall–Kier alpha value is -0.960. The quantitative estimate of drug-likeness (QED) is 0.545. The third-order valence-electron chi connectivity index (χ3n) is 6.49. The van der Waals surface area contributed by atoms with Crippen LogP contribution in [-0.4, -0.2) is 41.2 Å². The molecule has 1 rings (SSSR count). The van der Waals surface area contributed by atoms with Crippen LogP contribution in [0.5, 0.6) is 0 Å². The highest BCUT2D eigenvalue weighted by Crippen LogP contribution is 2.58. The number of ether oxygens (including phenoxy) is 2. The summed E-state index contributed by atoms with van der Waals surface area (Å²) in [5, 5.41) is 9.48. The van der Waals surface area contributed by atoms with E-state index in [0.717, 1.165) is 0 Å². The number of halogens is 5. The molecule has 4 nitrogen and oxygen atoms in total. The van der Waals surface area contributed by atoms with E-state index < -0.39 is 52.3 Å². The van der Waals surface area contributed by atoms with Crippen LogP contribution in [0.3, 0.4) is 0 Å². The van der Waals surface area contributed by atoms with E-state index in [2.05, 4.69) is 4.74 Å². The van der Waals surface area contributed by atoms with Gasteiger partial charge in [0.05, 0.1) is 12.0 Å². The Morgan fingerprint density at radius 1 is 1.11 bits per heavy atom. The third kappa shape index (κ3) is 3.14. The first-order chi connectivity index (χ1) is 11.6. The Balaban J connectivity index is 3.40.